The van der Waals surface area contributed by atoms with Crippen molar-refractivity contribution in [2.45, 2.75) is 27.7 Å². The Balaban J connectivity index is 3.37. The van der Waals surface area contributed by atoms with Gasteiger partial charge in [-0.15, -0.1) is 0 Å². The zero-order valence-corrected chi connectivity index (χ0v) is 9.46. The summed E-state index contributed by atoms with van der Waals surface area (Å²) in [5.74, 6) is 0. The number of aromatic nitrogens is 1. The minimum Gasteiger partial charge on any atom is -0.165 e. The van der Waals surface area contributed by atoms with Crippen molar-refractivity contribution in [2.24, 2.45) is 0 Å². The third-order valence-corrected chi connectivity index (χ3v) is 2.27. The van der Waals surface area contributed by atoms with Gasteiger partial charge in [0.2, 0.25) is 5.70 Å². The number of nitrogens with zero attached hydrogens (tertiary/aromatic N) is 1. The van der Waals surface area contributed by atoms with Gasteiger partial charge < -0.3 is 0 Å². The molecule has 0 aliphatic heterocycles. The number of hydrogen-bond donors (Lipinski definition) is 0. The molecule has 0 saturated carbocycles. The number of hydrogen-bond acceptors (Lipinski definition) is 0. The molecule has 0 aliphatic rings. The number of rotatable bonds is 2. The molecule has 0 unspecified atom stereocenters. The van der Waals surface area contributed by atoms with Crippen LogP contribution >= 0.6 is 0 Å². The molecule has 74 valence electrons. The summed E-state index contributed by atoms with van der Waals surface area (Å²) in [4.78, 5) is 0. The fourth-order valence-corrected chi connectivity index (χ4v) is 1.48. The summed E-state index contributed by atoms with van der Waals surface area (Å²) in [6, 6.07) is 4.25. The summed E-state index contributed by atoms with van der Waals surface area (Å²) in [6.45, 7) is 12.3. The third kappa shape index (κ3) is 2.11. The molecule has 0 atom stereocenters. The summed E-state index contributed by atoms with van der Waals surface area (Å²) in [5.41, 5.74) is 4.94. The second kappa shape index (κ2) is 4.23. The summed E-state index contributed by atoms with van der Waals surface area (Å²) >= 11 is 0. The average molecular weight is 188 g/mol. The molecule has 0 bridgehead atoms. The van der Waals surface area contributed by atoms with E-state index in [0.717, 1.165) is 0 Å². The van der Waals surface area contributed by atoms with Crippen LogP contribution in [0.3, 0.4) is 0 Å². The van der Waals surface area contributed by atoms with E-state index in [1.807, 2.05) is 6.08 Å². The van der Waals surface area contributed by atoms with Gasteiger partial charge in [-0.25, -0.2) is 0 Å². The molecule has 0 spiro atoms. The molecule has 1 aromatic heterocycles. The molecule has 0 fully saturated rings. The summed E-state index contributed by atoms with van der Waals surface area (Å²) in [5, 5.41) is 0. The topological polar surface area (TPSA) is 3.88 Å². The quantitative estimate of drug-likeness (QED) is 0.496. The first-order valence-corrected chi connectivity index (χ1v) is 4.85. The molecule has 0 N–H and O–H groups in total. The zero-order valence-electron chi connectivity index (χ0n) is 9.46. The second-order valence-corrected chi connectivity index (χ2v) is 3.81. The van der Waals surface area contributed by atoms with Crippen LogP contribution in [0.25, 0.3) is 5.70 Å². The summed E-state index contributed by atoms with van der Waals surface area (Å²) in [7, 11) is 0. The van der Waals surface area contributed by atoms with E-state index < -0.39 is 0 Å². The molecule has 0 radical (unpaired) electrons. The maximum absolute atomic E-state index is 3.85. The van der Waals surface area contributed by atoms with E-state index in [1.54, 1.807) is 0 Å². The van der Waals surface area contributed by atoms with Crippen LogP contribution in [-0.2, 0) is 0 Å². The molecule has 1 heteroatoms. The predicted octanol–water partition coefficient (Wildman–Crippen LogP) is 3.03. The molecule has 1 heterocycles. The standard InChI is InChI=1S/C13H18N/c1-6-13(10(2)3)14-9-11(4)7-8-12(14)5/h6-9H,1H2,2-5H3/q+1. The molecule has 0 saturated heterocycles. The highest BCUT2D eigenvalue weighted by Crippen LogP contribution is 2.06. The van der Waals surface area contributed by atoms with Gasteiger partial charge in [0.1, 0.15) is 0 Å². The van der Waals surface area contributed by atoms with Crippen LogP contribution in [0.1, 0.15) is 25.1 Å². The molecule has 14 heavy (non-hydrogen) atoms. The first-order valence-electron chi connectivity index (χ1n) is 4.85. The molecular weight excluding hydrogens is 170 g/mol. The minimum atomic E-state index is 1.17. The Bertz CT molecular complexity index is 382. The average Bonchev–Trinajstić information content (AvgIpc) is 2.11. The van der Waals surface area contributed by atoms with Crippen molar-refractivity contribution in [3.05, 3.63) is 47.8 Å². The smallest absolute Gasteiger partial charge is 0.165 e. The van der Waals surface area contributed by atoms with Crippen LogP contribution in [0.2, 0.25) is 0 Å². The van der Waals surface area contributed by atoms with Gasteiger partial charge in [-0.05, 0) is 32.4 Å². The Morgan fingerprint density at radius 2 is 1.93 bits per heavy atom. The minimum absolute atomic E-state index is 1.17. The SMILES string of the molecule is C=CC(=C(C)C)[n+]1cc(C)ccc1C. The van der Waals surface area contributed by atoms with E-state index >= 15 is 0 Å². The number of pyridine rings is 1. The van der Waals surface area contributed by atoms with E-state index in [-0.39, 0.29) is 0 Å². The van der Waals surface area contributed by atoms with Crippen LogP contribution in [0.5, 0.6) is 0 Å². The Hall–Kier alpha value is -1.37. The molecular formula is C13H18N+. The van der Waals surface area contributed by atoms with E-state index in [1.165, 1.54) is 22.5 Å². The van der Waals surface area contributed by atoms with E-state index in [2.05, 4.69) is 57.2 Å². The Morgan fingerprint density at radius 3 is 2.43 bits per heavy atom. The van der Waals surface area contributed by atoms with Crippen molar-refractivity contribution < 1.29 is 4.57 Å². The van der Waals surface area contributed by atoms with Gasteiger partial charge in [0.15, 0.2) is 11.9 Å². The third-order valence-electron chi connectivity index (χ3n) is 2.27. The molecule has 1 aromatic rings. The van der Waals surface area contributed by atoms with E-state index in [9.17, 15) is 0 Å². The van der Waals surface area contributed by atoms with Crippen LogP contribution in [0.15, 0.2) is 36.6 Å². The molecule has 1 rings (SSSR count). The van der Waals surface area contributed by atoms with Gasteiger partial charge in [0.25, 0.3) is 0 Å². The van der Waals surface area contributed by atoms with E-state index in [4.69, 9.17) is 0 Å². The van der Waals surface area contributed by atoms with Gasteiger partial charge in [0, 0.05) is 24.6 Å². The fourth-order valence-electron chi connectivity index (χ4n) is 1.48. The highest BCUT2D eigenvalue weighted by atomic mass is 15.0. The lowest BCUT2D eigenvalue weighted by atomic mass is 10.2. The maximum Gasteiger partial charge on any atom is 0.208 e. The van der Waals surface area contributed by atoms with Crippen molar-refractivity contribution in [1.82, 2.24) is 0 Å². The zero-order chi connectivity index (χ0) is 10.7. The van der Waals surface area contributed by atoms with Crippen molar-refractivity contribution in [3.63, 3.8) is 0 Å². The van der Waals surface area contributed by atoms with Gasteiger partial charge in [-0.3, -0.25) is 0 Å². The van der Waals surface area contributed by atoms with Crippen molar-refractivity contribution in [2.75, 3.05) is 0 Å². The Labute approximate surface area is 86.4 Å². The van der Waals surface area contributed by atoms with Crippen LogP contribution in [0, 0.1) is 13.8 Å². The summed E-state index contributed by atoms with van der Waals surface area (Å²) in [6.07, 6.45) is 4.04. The highest BCUT2D eigenvalue weighted by Gasteiger charge is 2.11. The van der Waals surface area contributed by atoms with Crippen molar-refractivity contribution >= 4 is 5.70 Å². The first-order chi connectivity index (χ1) is 6.56. The van der Waals surface area contributed by atoms with Gasteiger partial charge in [-0.2, -0.15) is 4.57 Å². The van der Waals surface area contributed by atoms with Crippen LogP contribution in [0.4, 0.5) is 0 Å². The predicted molar refractivity (Wildman–Crippen MR) is 60.9 cm³/mol. The fraction of sp³-hybridized carbons (Fsp3) is 0.308. The number of allylic oxidation sites excluding steroid dienone is 3. The molecule has 1 nitrogen and oxygen atoms in total. The van der Waals surface area contributed by atoms with Crippen LogP contribution < -0.4 is 4.57 Å². The van der Waals surface area contributed by atoms with Crippen LogP contribution in [-0.4, -0.2) is 0 Å². The number of aryl methyl sites for hydroxylation is 2. The van der Waals surface area contributed by atoms with Gasteiger partial charge >= 0.3 is 0 Å². The summed E-state index contributed by atoms with van der Waals surface area (Å²) < 4.78 is 2.18. The molecule has 0 aliphatic carbocycles. The van der Waals surface area contributed by atoms with Gasteiger partial charge in [-0.1, -0.05) is 6.58 Å². The van der Waals surface area contributed by atoms with E-state index in [0.29, 0.717) is 0 Å². The normalized spacial score (nSPS) is 9.71. The lowest BCUT2D eigenvalue weighted by Gasteiger charge is -2.02. The lowest BCUT2D eigenvalue weighted by molar-refractivity contribution is -0.586. The highest BCUT2D eigenvalue weighted by molar-refractivity contribution is 5.49. The Kier molecular flexibility index (Phi) is 3.23. The van der Waals surface area contributed by atoms with Gasteiger partial charge in [0.05, 0.1) is 0 Å². The van der Waals surface area contributed by atoms with Crippen molar-refractivity contribution in [3.8, 4) is 0 Å². The largest absolute Gasteiger partial charge is 0.208 e. The molecule has 0 amide bonds. The van der Waals surface area contributed by atoms with Crippen molar-refractivity contribution in [1.29, 1.82) is 0 Å². The lowest BCUT2D eigenvalue weighted by Crippen LogP contribution is -2.35. The Morgan fingerprint density at radius 1 is 1.29 bits per heavy atom. The first kappa shape index (κ1) is 10.7. The second-order valence-electron chi connectivity index (χ2n) is 3.81. The maximum atomic E-state index is 3.85. The monoisotopic (exact) mass is 188 g/mol. The molecule has 0 aromatic carbocycles.